The van der Waals surface area contributed by atoms with Gasteiger partial charge in [-0.05, 0) is 30.3 Å². The number of anilines is 2. The number of rotatable bonds is 3. The van der Waals surface area contributed by atoms with Gasteiger partial charge >= 0.3 is 0 Å². The van der Waals surface area contributed by atoms with E-state index in [9.17, 15) is 14.9 Å². The summed E-state index contributed by atoms with van der Waals surface area (Å²) in [6, 6.07) is 19.6. The van der Waals surface area contributed by atoms with Gasteiger partial charge in [-0.2, -0.15) is 0 Å². The molecule has 0 saturated carbocycles. The van der Waals surface area contributed by atoms with Crippen molar-refractivity contribution in [3.05, 3.63) is 87.1 Å². The van der Waals surface area contributed by atoms with E-state index < -0.39 is 4.92 Å². The van der Waals surface area contributed by atoms with Gasteiger partial charge in [0.25, 0.3) is 5.69 Å². The van der Waals surface area contributed by atoms with Crippen molar-refractivity contribution in [1.82, 2.24) is 0 Å². The maximum absolute atomic E-state index is 13.0. The Morgan fingerprint density at radius 1 is 0.920 bits per heavy atom. The van der Waals surface area contributed by atoms with Gasteiger partial charge in [0, 0.05) is 21.8 Å². The zero-order chi connectivity index (χ0) is 17.4. The number of hydrogen-bond acceptors (Lipinski definition) is 5. The zero-order valence-corrected chi connectivity index (χ0v) is 13.7. The predicted octanol–water partition coefficient (Wildman–Crippen LogP) is 5.07. The molecule has 0 amide bonds. The van der Waals surface area contributed by atoms with Crippen LogP contribution in [0.5, 0.6) is 0 Å². The maximum atomic E-state index is 13.0. The van der Waals surface area contributed by atoms with E-state index >= 15 is 0 Å². The number of nitro benzene ring substituents is 1. The van der Waals surface area contributed by atoms with Gasteiger partial charge in [-0.25, -0.2) is 0 Å². The van der Waals surface area contributed by atoms with Crippen LogP contribution in [0.4, 0.5) is 17.1 Å². The molecule has 4 aromatic rings. The molecule has 1 aromatic heterocycles. The quantitative estimate of drug-likeness (QED) is 0.319. The second kappa shape index (κ2) is 5.99. The van der Waals surface area contributed by atoms with Crippen LogP contribution in [-0.2, 0) is 0 Å². The van der Waals surface area contributed by atoms with Gasteiger partial charge in [0.05, 0.1) is 16.0 Å². The summed E-state index contributed by atoms with van der Waals surface area (Å²) < 4.78 is 1.12. The van der Waals surface area contributed by atoms with Crippen molar-refractivity contribution in [2.45, 2.75) is 0 Å². The van der Waals surface area contributed by atoms with Crippen molar-refractivity contribution in [3.8, 4) is 0 Å². The largest absolute Gasteiger partial charge is 0.355 e. The Labute approximate surface area is 146 Å². The molecule has 1 N–H and O–H groups in total. The lowest BCUT2D eigenvalue weighted by atomic mass is 10.1. The van der Waals surface area contributed by atoms with E-state index in [2.05, 4.69) is 5.32 Å². The van der Waals surface area contributed by atoms with Gasteiger partial charge in [-0.1, -0.05) is 30.3 Å². The summed E-state index contributed by atoms with van der Waals surface area (Å²) >= 11 is 1.26. The summed E-state index contributed by atoms with van der Waals surface area (Å²) in [4.78, 5) is 24.0. The summed E-state index contributed by atoms with van der Waals surface area (Å²) in [5.74, 6) is 0. The highest BCUT2D eigenvalue weighted by atomic mass is 32.1. The van der Waals surface area contributed by atoms with Crippen LogP contribution in [0.2, 0.25) is 0 Å². The van der Waals surface area contributed by atoms with Crippen molar-refractivity contribution in [3.63, 3.8) is 0 Å². The molecular formula is C19H12N2O3S. The normalized spacial score (nSPS) is 10.9. The van der Waals surface area contributed by atoms with Crippen LogP contribution < -0.4 is 10.7 Å². The Morgan fingerprint density at radius 3 is 2.40 bits per heavy atom. The number of nitrogens with zero attached hydrogens (tertiary/aromatic N) is 1. The van der Waals surface area contributed by atoms with E-state index in [1.54, 1.807) is 18.2 Å². The molecule has 0 radical (unpaired) electrons. The summed E-state index contributed by atoms with van der Waals surface area (Å²) in [5.41, 5.74) is 1.13. The number of hydrogen-bond donors (Lipinski definition) is 1. The zero-order valence-electron chi connectivity index (χ0n) is 12.9. The molecule has 0 spiro atoms. The monoisotopic (exact) mass is 348 g/mol. The number of fused-ring (bicyclic) bond motifs is 2. The van der Waals surface area contributed by atoms with Gasteiger partial charge < -0.3 is 5.32 Å². The fourth-order valence-electron chi connectivity index (χ4n) is 2.81. The third kappa shape index (κ3) is 2.62. The molecule has 122 valence electrons. The van der Waals surface area contributed by atoms with Crippen LogP contribution >= 0.6 is 11.3 Å². The van der Waals surface area contributed by atoms with Crippen molar-refractivity contribution >= 4 is 48.6 Å². The molecule has 4 rings (SSSR count). The number of nitrogens with one attached hydrogen (secondary N) is 1. The van der Waals surface area contributed by atoms with E-state index in [0.717, 1.165) is 10.4 Å². The maximum Gasteiger partial charge on any atom is 0.287 e. The molecule has 0 saturated heterocycles. The molecule has 3 aromatic carbocycles. The van der Waals surface area contributed by atoms with Crippen LogP contribution in [0.3, 0.4) is 0 Å². The van der Waals surface area contributed by atoms with Gasteiger partial charge in [-0.15, -0.1) is 11.3 Å². The highest BCUT2D eigenvalue weighted by Gasteiger charge is 2.19. The topological polar surface area (TPSA) is 72.2 Å². The van der Waals surface area contributed by atoms with Crippen molar-refractivity contribution in [2.75, 3.05) is 5.32 Å². The average molecular weight is 348 g/mol. The third-order valence-electron chi connectivity index (χ3n) is 3.96. The second-order valence-electron chi connectivity index (χ2n) is 5.51. The van der Waals surface area contributed by atoms with Crippen LogP contribution in [0.15, 0.2) is 71.5 Å². The number of benzene rings is 3. The van der Waals surface area contributed by atoms with Crippen molar-refractivity contribution in [1.29, 1.82) is 0 Å². The van der Waals surface area contributed by atoms with Crippen molar-refractivity contribution in [2.24, 2.45) is 0 Å². The first kappa shape index (κ1) is 15.3. The molecule has 5 nitrogen and oxygen atoms in total. The van der Waals surface area contributed by atoms with Crippen molar-refractivity contribution < 1.29 is 4.92 Å². The molecule has 0 atom stereocenters. The van der Waals surface area contributed by atoms with E-state index in [4.69, 9.17) is 0 Å². The van der Waals surface area contributed by atoms with Crippen LogP contribution in [-0.4, -0.2) is 4.92 Å². The van der Waals surface area contributed by atoms with E-state index in [-0.39, 0.29) is 11.1 Å². The molecule has 0 fully saturated rings. The average Bonchev–Trinajstić information content (AvgIpc) is 2.62. The molecule has 0 bridgehead atoms. The molecule has 25 heavy (non-hydrogen) atoms. The number of para-hydroxylation sites is 1. The molecule has 6 heteroatoms. The first-order valence-electron chi connectivity index (χ1n) is 7.60. The minimum absolute atomic E-state index is 0.0542. The molecular weight excluding hydrogens is 336 g/mol. The van der Waals surface area contributed by atoms with E-state index in [1.165, 1.54) is 17.4 Å². The lowest BCUT2D eigenvalue weighted by Gasteiger charge is -2.10. The Kier molecular flexibility index (Phi) is 3.66. The number of non-ortho nitro benzene ring substituents is 1. The fourth-order valence-corrected chi connectivity index (χ4v) is 4.00. The lowest BCUT2D eigenvalue weighted by Crippen LogP contribution is -2.05. The SMILES string of the molecule is O=c1c2ccccc2sc2c([N+](=O)[O-])ccc(Nc3ccccc3)c12. The number of nitro groups is 1. The smallest absolute Gasteiger partial charge is 0.287 e. The third-order valence-corrected chi connectivity index (χ3v) is 5.15. The standard InChI is InChI=1S/C19H12N2O3S/c22-18-13-8-4-5-9-16(13)25-19-15(21(23)24)11-10-14(17(18)19)20-12-6-2-1-3-7-12/h1-11,20H. The first-order chi connectivity index (χ1) is 12.1. The lowest BCUT2D eigenvalue weighted by molar-refractivity contribution is -0.382. The van der Waals surface area contributed by atoms with Crippen LogP contribution in [0, 0.1) is 10.1 Å². The summed E-state index contributed by atoms with van der Waals surface area (Å²) in [5, 5.41) is 15.5. The molecule has 0 aliphatic rings. The Balaban J connectivity index is 2.07. The molecule has 0 unspecified atom stereocenters. The van der Waals surface area contributed by atoms with Gasteiger partial charge in [-0.3, -0.25) is 14.9 Å². The van der Waals surface area contributed by atoms with E-state index in [0.29, 0.717) is 21.2 Å². The van der Waals surface area contributed by atoms with Gasteiger partial charge in [0.2, 0.25) is 0 Å². The fraction of sp³-hybridized carbons (Fsp3) is 0. The first-order valence-corrected chi connectivity index (χ1v) is 8.42. The summed E-state index contributed by atoms with van der Waals surface area (Å²) in [6.07, 6.45) is 0. The minimum Gasteiger partial charge on any atom is -0.355 e. The Hall–Kier alpha value is -3.25. The minimum atomic E-state index is -0.445. The molecule has 0 aliphatic carbocycles. The molecule has 0 aliphatic heterocycles. The molecule has 1 heterocycles. The Morgan fingerprint density at radius 2 is 1.64 bits per heavy atom. The van der Waals surface area contributed by atoms with Crippen LogP contribution in [0.1, 0.15) is 0 Å². The van der Waals surface area contributed by atoms with E-state index in [1.807, 2.05) is 42.5 Å². The second-order valence-corrected chi connectivity index (χ2v) is 6.56. The van der Waals surface area contributed by atoms with Crippen LogP contribution in [0.25, 0.3) is 20.2 Å². The Bertz CT molecular complexity index is 1170. The van der Waals surface area contributed by atoms with Gasteiger partial charge in [0.15, 0.2) is 5.43 Å². The summed E-state index contributed by atoms with van der Waals surface area (Å²) in [7, 11) is 0. The highest BCUT2D eigenvalue weighted by Crippen LogP contribution is 2.36. The summed E-state index contributed by atoms with van der Waals surface area (Å²) in [6.45, 7) is 0. The highest BCUT2D eigenvalue weighted by molar-refractivity contribution is 7.25. The van der Waals surface area contributed by atoms with Gasteiger partial charge in [0.1, 0.15) is 4.70 Å². The predicted molar refractivity (Wildman–Crippen MR) is 102 cm³/mol.